The highest BCUT2D eigenvalue weighted by Crippen LogP contribution is 2.31. The average Bonchev–Trinajstić information content (AvgIpc) is 3.35. The van der Waals surface area contributed by atoms with E-state index in [4.69, 9.17) is 0 Å². The zero-order valence-corrected chi connectivity index (χ0v) is 15.0. The monoisotopic (exact) mass is 365 g/mol. The number of amides is 1. The Morgan fingerprint density at radius 2 is 2.12 bits per heavy atom. The van der Waals surface area contributed by atoms with Crippen LogP contribution in [-0.4, -0.2) is 32.5 Å². The van der Waals surface area contributed by atoms with Gasteiger partial charge in [0.25, 0.3) is 5.91 Å². The zero-order valence-electron chi connectivity index (χ0n) is 14.2. The first-order valence-electron chi connectivity index (χ1n) is 8.61. The van der Waals surface area contributed by atoms with Crippen LogP contribution in [-0.2, 0) is 6.54 Å². The van der Waals surface area contributed by atoms with Crippen molar-refractivity contribution in [2.45, 2.75) is 25.4 Å². The number of likely N-dealkylation sites (tertiary alicyclic amines) is 1. The smallest absolute Gasteiger partial charge is 0.257 e. The molecule has 4 rings (SSSR count). The molecule has 3 aromatic rings. The Morgan fingerprint density at radius 3 is 2.85 bits per heavy atom. The molecule has 1 amide bonds. The van der Waals surface area contributed by atoms with E-state index < -0.39 is 0 Å². The molecule has 1 atom stereocenters. The fraction of sp³-hybridized carbons (Fsp3) is 0.263. The van der Waals surface area contributed by atoms with Crippen LogP contribution in [0.1, 0.15) is 40.5 Å². The number of nitrogens with zero attached hydrogens (tertiary/aromatic N) is 4. The van der Waals surface area contributed by atoms with Crippen LogP contribution < -0.4 is 5.32 Å². The van der Waals surface area contributed by atoms with Crippen LogP contribution in [0.15, 0.2) is 54.2 Å². The predicted molar refractivity (Wildman–Crippen MR) is 101 cm³/mol. The van der Waals surface area contributed by atoms with E-state index in [-0.39, 0.29) is 5.91 Å². The summed E-state index contributed by atoms with van der Waals surface area (Å²) in [4.78, 5) is 19.2. The van der Waals surface area contributed by atoms with Crippen molar-refractivity contribution in [1.29, 1.82) is 0 Å². The Bertz CT molecular complexity index is 851. The molecular weight excluding hydrogens is 346 g/mol. The summed E-state index contributed by atoms with van der Waals surface area (Å²) in [5.74, 6) is -0.166. The fourth-order valence-electron chi connectivity index (χ4n) is 3.32. The van der Waals surface area contributed by atoms with E-state index in [1.807, 2.05) is 42.6 Å². The van der Waals surface area contributed by atoms with E-state index >= 15 is 0 Å². The lowest BCUT2D eigenvalue weighted by Gasteiger charge is -2.24. The molecule has 0 unspecified atom stereocenters. The normalized spacial score (nSPS) is 17.3. The van der Waals surface area contributed by atoms with Crippen LogP contribution in [0, 0.1) is 0 Å². The Labute approximate surface area is 155 Å². The van der Waals surface area contributed by atoms with Crippen LogP contribution in [0.25, 0.3) is 0 Å². The van der Waals surface area contributed by atoms with E-state index in [1.54, 1.807) is 5.51 Å². The number of hydrogen-bond acceptors (Lipinski definition) is 6. The van der Waals surface area contributed by atoms with E-state index in [2.05, 4.69) is 31.5 Å². The number of pyridine rings is 1. The Kier molecular flexibility index (Phi) is 4.99. The SMILES string of the molecule is O=C(Nc1nncs1)c1ccc(CN2CCC[C@@H]2c2ccccn2)cc1. The highest BCUT2D eigenvalue weighted by atomic mass is 32.1. The minimum absolute atomic E-state index is 0.166. The lowest BCUT2D eigenvalue weighted by molar-refractivity contribution is 0.102. The number of carbonyl (C=O) groups is 1. The van der Waals surface area contributed by atoms with E-state index in [0.29, 0.717) is 16.7 Å². The Morgan fingerprint density at radius 1 is 1.23 bits per heavy atom. The molecule has 3 heterocycles. The topological polar surface area (TPSA) is 71.0 Å². The Hall–Kier alpha value is -2.64. The summed E-state index contributed by atoms with van der Waals surface area (Å²) < 4.78 is 0. The predicted octanol–water partition coefficient (Wildman–Crippen LogP) is 3.52. The van der Waals surface area contributed by atoms with Gasteiger partial charge < -0.3 is 0 Å². The summed E-state index contributed by atoms with van der Waals surface area (Å²) in [6, 6.07) is 14.2. The molecule has 0 saturated carbocycles. The van der Waals surface area contributed by atoms with E-state index in [0.717, 1.165) is 25.2 Å². The average molecular weight is 365 g/mol. The summed E-state index contributed by atoms with van der Waals surface area (Å²) in [5.41, 5.74) is 4.54. The molecule has 1 aliphatic heterocycles. The van der Waals surface area contributed by atoms with Gasteiger partial charge in [-0.2, -0.15) is 0 Å². The molecule has 1 saturated heterocycles. The van der Waals surface area contributed by atoms with Crippen LogP contribution in [0.5, 0.6) is 0 Å². The molecule has 1 N–H and O–H groups in total. The number of nitrogens with one attached hydrogen (secondary N) is 1. The quantitative estimate of drug-likeness (QED) is 0.749. The summed E-state index contributed by atoms with van der Waals surface area (Å²) in [5, 5.41) is 10.8. The van der Waals surface area contributed by atoms with Crippen LogP contribution >= 0.6 is 11.3 Å². The fourth-order valence-corrected chi connectivity index (χ4v) is 3.76. The molecule has 7 heteroatoms. The molecule has 6 nitrogen and oxygen atoms in total. The highest BCUT2D eigenvalue weighted by Gasteiger charge is 2.26. The summed E-state index contributed by atoms with van der Waals surface area (Å²) in [7, 11) is 0. The van der Waals surface area contributed by atoms with Gasteiger partial charge in [-0.05, 0) is 49.2 Å². The summed E-state index contributed by atoms with van der Waals surface area (Å²) in [6.07, 6.45) is 4.18. The second-order valence-electron chi connectivity index (χ2n) is 6.28. The number of anilines is 1. The third kappa shape index (κ3) is 3.79. The molecule has 0 spiro atoms. The number of hydrogen-bond donors (Lipinski definition) is 1. The van der Waals surface area contributed by atoms with Crippen molar-refractivity contribution in [2.24, 2.45) is 0 Å². The standard InChI is InChI=1S/C19H19N5OS/c25-18(22-19-23-21-13-26-19)15-8-6-14(7-9-15)12-24-11-3-5-17(24)16-4-1-2-10-20-16/h1-2,4,6-10,13,17H,3,5,11-12H2,(H,22,23,25)/t17-/m1/s1. The van der Waals surface area contributed by atoms with Crippen molar-refractivity contribution in [2.75, 3.05) is 11.9 Å². The number of benzene rings is 1. The van der Waals surface area contributed by atoms with Gasteiger partial charge in [-0.3, -0.25) is 20.0 Å². The maximum atomic E-state index is 12.2. The van der Waals surface area contributed by atoms with Gasteiger partial charge in [-0.25, -0.2) is 0 Å². The molecule has 1 fully saturated rings. The zero-order chi connectivity index (χ0) is 17.8. The second kappa shape index (κ2) is 7.72. The molecule has 26 heavy (non-hydrogen) atoms. The molecule has 0 radical (unpaired) electrons. The van der Waals surface area contributed by atoms with E-state index in [9.17, 15) is 4.79 Å². The minimum Gasteiger partial charge on any atom is -0.296 e. The van der Waals surface area contributed by atoms with Crippen molar-refractivity contribution in [3.05, 3.63) is 71.0 Å². The third-order valence-electron chi connectivity index (χ3n) is 4.58. The first-order chi connectivity index (χ1) is 12.8. The third-order valence-corrected chi connectivity index (χ3v) is 5.18. The van der Waals surface area contributed by atoms with Gasteiger partial charge in [0.15, 0.2) is 0 Å². The van der Waals surface area contributed by atoms with Crippen LogP contribution in [0.2, 0.25) is 0 Å². The number of carbonyl (C=O) groups excluding carboxylic acids is 1. The maximum absolute atomic E-state index is 12.2. The molecule has 2 aromatic heterocycles. The summed E-state index contributed by atoms with van der Waals surface area (Å²) in [6.45, 7) is 1.93. The maximum Gasteiger partial charge on any atom is 0.257 e. The highest BCUT2D eigenvalue weighted by molar-refractivity contribution is 7.13. The van der Waals surface area contributed by atoms with Gasteiger partial charge in [0, 0.05) is 18.3 Å². The van der Waals surface area contributed by atoms with Gasteiger partial charge in [0.2, 0.25) is 5.13 Å². The first kappa shape index (κ1) is 16.8. The van der Waals surface area contributed by atoms with Crippen molar-refractivity contribution in [1.82, 2.24) is 20.1 Å². The Balaban J connectivity index is 1.41. The molecule has 1 aromatic carbocycles. The molecular formula is C19H19N5OS. The van der Waals surface area contributed by atoms with Crippen molar-refractivity contribution < 1.29 is 4.79 Å². The number of rotatable bonds is 5. The van der Waals surface area contributed by atoms with Gasteiger partial charge in [-0.15, -0.1) is 10.2 Å². The first-order valence-corrected chi connectivity index (χ1v) is 9.49. The summed E-state index contributed by atoms with van der Waals surface area (Å²) >= 11 is 1.30. The van der Waals surface area contributed by atoms with Crippen molar-refractivity contribution >= 4 is 22.4 Å². The van der Waals surface area contributed by atoms with Gasteiger partial charge in [-0.1, -0.05) is 29.5 Å². The lowest BCUT2D eigenvalue weighted by Crippen LogP contribution is -2.23. The number of aromatic nitrogens is 3. The second-order valence-corrected chi connectivity index (χ2v) is 7.11. The molecule has 1 aliphatic rings. The molecule has 132 valence electrons. The van der Waals surface area contributed by atoms with Gasteiger partial charge in [0.1, 0.15) is 5.51 Å². The molecule has 0 bridgehead atoms. The van der Waals surface area contributed by atoms with Gasteiger partial charge in [0.05, 0.1) is 11.7 Å². The lowest BCUT2D eigenvalue weighted by atomic mass is 10.1. The molecule has 0 aliphatic carbocycles. The van der Waals surface area contributed by atoms with Crippen LogP contribution in [0.4, 0.5) is 5.13 Å². The van der Waals surface area contributed by atoms with Gasteiger partial charge >= 0.3 is 0 Å². The van der Waals surface area contributed by atoms with Crippen molar-refractivity contribution in [3.63, 3.8) is 0 Å². The van der Waals surface area contributed by atoms with Crippen molar-refractivity contribution in [3.8, 4) is 0 Å². The van der Waals surface area contributed by atoms with E-state index in [1.165, 1.54) is 23.3 Å². The van der Waals surface area contributed by atoms with Crippen LogP contribution in [0.3, 0.4) is 0 Å². The minimum atomic E-state index is -0.166. The largest absolute Gasteiger partial charge is 0.296 e.